The van der Waals surface area contributed by atoms with Crippen LogP contribution < -0.4 is 15.6 Å². The third kappa shape index (κ3) is 4.18. The second-order valence-electron chi connectivity index (χ2n) is 5.48. The standard InChI is InChI=1S/C16H16F2N4O3/c17-11-1-3-12(4-2-11)22(18)16(24)9-13-19-14(10-15(23)20-13)21-5-7-25-8-6-21/h1-4,10H,5-9H2,(H,19,20,23). The van der Waals surface area contributed by atoms with Crippen molar-refractivity contribution in [2.75, 3.05) is 36.3 Å². The maximum absolute atomic E-state index is 14.1. The Bertz CT molecular complexity index is 804. The van der Waals surface area contributed by atoms with Gasteiger partial charge in [-0.25, -0.2) is 9.37 Å². The number of nitrogens with zero attached hydrogens (tertiary/aromatic N) is 3. The predicted octanol–water partition coefficient (Wildman–Crippen LogP) is 1.21. The van der Waals surface area contributed by atoms with Crippen LogP contribution in [0.25, 0.3) is 0 Å². The zero-order chi connectivity index (χ0) is 17.8. The van der Waals surface area contributed by atoms with Gasteiger partial charge in [0.1, 0.15) is 17.5 Å². The first-order valence-corrected chi connectivity index (χ1v) is 7.70. The molecule has 1 fully saturated rings. The summed E-state index contributed by atoms with van der Waals surface area (Å²) in [6.45, 7) is 2.19. The van der Waals surface area contributed by atoms with Crippen molar-refractivity contribution < 1.29 is 18.4 Å². The van der Waals surface area contributed by atoms with Gasteiger partial charge in [-0.05, 0) is 24.3 Å². The molecule has 2 aromatic rings. The van der Waals surface area contributed by atoms with Crippen molar-refractivity contribution in [3.8, 4) is 0 Å². The predicted molar refractivity (Wildman–Crippen MR) is 86.6 cm³/mol. The molecule has 0 bridgehead atoms. The van der Waals surface area contributed by atoms with Crippen LogP contribution in [-0.4, -0.2) is 42.2 Å². The summed E-state index contributed by atoms with van der Waals surface area (Å²) < 4.78 is 32.2. The molecule has 0 aliphatic carbocycles. The van der Waals surface area contributed by atoms with Gasteiger partial charge >= 0.3 is 0 Å². The van der Waals surface area contributed by atoms with E-state index in [0.717, 1.165) is 24.3 Å². The molecule has 1 aliphatic rings. The van der Waals surface area contributed by atoms with Gasteiger partial charge in [0.25, 0.3) is 11.5 Å². The Hall–Kier alpha value is -2.81. The summed E-state index contributed by atoms with van der Waals surface area (Å²) in [5, 5.41) is -0.0964. The smallest absolute Gasteiger partial charge is 0.262 e. The van der Waals surface area contributed by atoms with Crippen LogP contribution in [-0.2, 0) is 16.0 Å². The van der Waals surface area contributed by atoms with E-state index in [2.05, 4.69) is 9.97 Å². The second kappa shape index (κ2) is 7.39. The molecule has 1 aliphatic heterocycles. The minimum Gasteiger partial charge on any atom is -0.378 e. The average Bonchev–Trinajstić information content (AvgIpc) is 2.62. The Balaban J connectivity index is 1.75. The summed E-state index contributed by atoms with van der Waals surface area (Å²) >= 11 is 0. The summed E-state index contributed by atoms with van der Waals surface area (Å²) in [5.74, 6) is -0.978. The van der Waals surface area contributed by atoms with E-state index in [-0.39, 0.29) is 16.6 Å². The highest BCUT2D eigenvalue weighted by Crippen LogP contribution is 2.17. The Kier molecular flexibility index (Phi) is 5.03. The number of rotatable bonds is 4. The van der Waals surface area contributed by atoms with Crippen molar-refractivity contribution in [3.05, 3.63) is 52.3 Å². The molecule has 0 saturated carbocycles. The molecule has 1 saturated heterocycles. The molecule has 9 heteroatoms. The number of hydrogen-bond acceptors (Lipinski definition) is 5. The fraction of sp³-hybridized carbons (Fsp3) is 0.312. The van der Waals surface area contributed by atoms with Crippen molar-refractivity contribution >= 4 is 17.4 Å². The topological polar surface area (TPSA) is 78.5 Å². The number of hydrogen-bond donors (Lipinski definition) is 1. The lowest BCUT2D eigenvalue weighted by Crippen LogP contribution is -2.38. The van der Waals surface area contributed by atoms with Gasteiger partial charge in [0, 0.05) is 19.2 Å². The van der Waals surface area contributed by atoms with E-state index in [1.165, 1.54) is 6.07 Å². The van der Waals surface area contributed by atoms with Crippen molar-refractivity contribution in [1.82, 2.24) is 9.97 Å². The highest BCUT2D eigenvalue weighted by atomic mass is 19.2. The summed E-state index contributed by atoms with van der Waals surface area (Å²) in [7, 11) is 0. The summed E-state index contributed by atoms with van der Waals surface area (Å²) in [4.78, 5) is 32.4. The molecule has 25 heavy (non-hydrogen) atoms. The first kappa shape index (κ1) is 17.0. The molecular formula is C16H16F2N4O3. The van der Waals surface area contributed by atoms with Gasteiger partial charge in [0.15, 0.2) is 0 Å². The van der Waals surface area contributed by atoms with E-state index in [9.17, 15) is 18.5 Å². The number of H-pyrrole nitrogens is 1. The van der Waals surface area contributed by atoms with Crippen LogP contribution in [0.15, 0.2) is 35.1 Å². The Morgan fingerprint density at radius 3 is 2.64 bits per heavy atom. The molecule has 1 aromatic carbocycles. The quantitative estimate of drug-likeness (QED) is 0.839. The molecule has 0 radical (unpaired) electrons. The molecule has 0 atom stereocenters. The number of benzene rings is 1. The number of aromatic amines is 1. The molecular weight excluding hydrogens is 334 g/mol. The molecule has 1 aromatic heterocycles. The maximum atomic E-state index is 14.1. The van der Waals surface area contributed by atoms with Gasteiger partial charge in [0.2, 0.25) is 0 Å². The molecule has 1 N–H and O–H groups in total. The molecule has 0 unspecified atom stereocenters. The lowest BCUT2D eigenvalue weighted by atomic mass is 10.3. The monoisotopic (exact) mass is 350 g/mol. The van der Waals surface area contributed by atoms with E-state index in [4.69, 9.17) is 4.74 Å². The van der Waals surface area contributed by atoms with Crippen LogP contribution in [0.5, 0.6) is 0 Å². The zero-order valence-electron chi connectivity index (χ0n) is 13.2. The van der Waals surface area contributed by atoms with Gasteiger partial charge in [-0.15, -0.1) is 5.12 Å². The zero-order valence-corrected chi connectivity index (χ0v) is 13.2. The van der Waals surface area contributed by atoms with Gasteiger partial charge in [-0.1, -0.05) is 4.48 Å². The third-order valence-electron chi connectivity index (χ3n) is 3.70. The lowest BCUT2D eigenvalue weighted by Gasteiger charge is -2.27. The van der Waals surface area contributed by atoms with Crippen LogP contribution in [0.4, 0.5) is 20.4 Å². The fourth-order valence-electron chi connectivity index (χ4n) is 2.46. The maximum Gasteiger partial charge on any atom is 0.262 e. The second-order valence-corrected chi connectivity index (χ2v) is 5.48. The molecule has 7 nitrogen and oxygen atoms in total. The van der Waals surface area contributed by atoms with Gasteiger partial charge in [-0.2, -0.15) is 0 Å². The number of morpholine rings is 1. The first-order valence-electron chi connectivity index (χ1n) is 7.70. The van der Waals surface area contributed by atoms with Gasteiger partial charge in [-0.3, -0.25) is 9.59 Å². The molecule has 132 valence electrons. The molecule has 2 heterocycles. The van der Waals surface area contributed by atoms with Crippen molar-refractivity contribution in [3.63, 3.8) is 0 Å². The highest BCUT2D eigenvalue weighted by Gasteiger charge is 2.19. The number of halogens is 2. The number of aromatic nitrogens is 2. The van der Waals surface area contributed by atoms with Crippen LogP contribution in [0, 0.1) is 5.82 Å². The van der Waals surface area contributed by atoms with Crippen molar-refractivity contribution in [2.45, 2.75) is 6.42 Å². The summed E-state index contributed by atoms with van der Waals surface area (Å²) in [5.41, 5.74) is -0.524. The number of carbonyl (C=O) groups excluding carboxylic acids is 1. The van der Waals surface area contributed by atoms with Crippen molar-refractivity contribution in [1.29, 1.82) is 0 Å². The van der Waals surface area contributed by atoms with Crippen molar-refractivity contribution in [2.24, 2.45) is 0 Å². The van der Waals surface area contributed by atoms with E-state index >= 15 is 0 Å². The summed E-state index contributed by atoms with van der Waals surface area (Å²) in [6.07, 6.45) is -0.429. The van der Waals surface area contributed by atoms with Gasteiger partial charge < -0.3 is 14.6 Å². The van der Waals surface area contributed by atoms with E-state index in [0.29, 0.717) is 32.1 Å². The highest BCUT2D eigenvalue weighted by molar-refractivity contribution is 5.92. The van der Waals surface area contributed by atoms with E-state index in [1.807, 2.05) is 4.90 Å². The summed E-state index contributed by atoms with van der Waals surface area (Å²) in [6, 6.07) is 5.72. The minimum absolute atomic E-state index is 0.0590. The lowest BCUT2D eigenvalue weighted by molar-refractivity contribution is -0.120. The number of amides is 1. The first-order chi connectivity index (χ1) is 12.0. The Morgan fingerprint density at radius 2 is 1.96 bits per heavy atom. The third-order valence-corrected chi connectivity index (χ3v) is 3.70. The van der Waals surface area contributed by atoms with Crippen LogP contribution in [0.3, 0.4) is 0 Å². The molecule has 0 spiro atoms. The number of carbonyl (C=O) groups is 1. The Labute approximate surface area is 141 Å². The fourth-order valence-corrected chi connectivity index (χ4v) is 2.46. The van der Waals surface area contributed by atoms with E-state index in [1.54, 1.807) is 0 Å². The van der Waals surface area contributed by atoms with Crippen LogP contribution in [0.2, 0.25) is 0 Å². The van der Waals surface area contributed by atoms with Gasteiger partial charge in [0.05, 0.1) is 25.3 Å². The normalized spacial score (nSPS) is 14.4. The molecule has 3 rings (SSSR count). The number of anilines is 2. The number of ether oxygens (including phenoxy) is 1. The Morgan fingerprint density at radius 1 is 1.28 bits per heavy atom. The van der Waals surface area contributed by atoms with E-state index < -0.39 is 23.7 Å². The van der Waals surface area contributed by atoms with Crippen LogP contribution >= 0.6 is 0 Å². The molecule has 1 amide bonds. The largest absolute Gasteiger partial charge is 0.378 e. The van der Waals surface area contributed by atoms with Crippen LogP contribution in [0.1, 0.15) is 5.82 Å². The average molecular weight is 350 g/mol. The number of nitrogens with one attached hydrogen (secondary N) is 1. The SMILES string of the molecule is O=C(Cc1nc(N2CCOCC2)cc(=O)[nH]1)N(F)c1ccc(F)cc1. The minimum atomic E-state index is -0.922.